The lowest BCUT2D eigenvalue weighted by Gasteiger charge is -2.38. The van der Waals surface area contributed by atoms with Crippen molar-refractivity contribution in [3.63, 3.8) is 0 Å². The summed E-state index contributed by atoms with van der Waals surface area (Å²) in [5.74, 6) is 0.892. The van der Waals surface area contributed by atoms with Gasteiger partial charge in [0.25, 0.3) is 0 Å². The summed E-state index contributed by atoms with van der Waals surface area (Å²) >= 11 is 0. The first-order chi connectivity index (χ1) is 7.64. The molecule has 3 heteroatoms. The van der Waals surface area contributed by atoms with E-state index in [9.17, 15) is 0 Å². The van der Waals surface area contributed by atoms with Crippen molar-refractivity contribution in [2.45, 2.75) is 31.9 Å². The third-order valence-corrected chi connectivity index (χ3v) is 2.94. The van der Waals surface area contributed by atoms with E-state index in [1.165, 1.54) is 0 Å². The SMILES string of the molecule is CCOCC1(C)CC(N)c2ccccc2O1. The Bertz CT molecular complexity index is 367. The summed E-state index contributed by atoms with van der Waals surface area (Å²) in [6, 6.07) is 8.00. The van der Waals surface area contributed by atoms with E-state index in [4.69, 9.17) is 15.2 Å². The summed E-state index contributed by atoms with van der Waals surface area (Å²) in [5.41, 5.74) is 6.95. The van der Waals surface area contributed by atoms with Crippen molar-refractivity contribution in [1.29, 1.82) is 0 Å². The normalized spacial score (nSPS) is 28.3. The fourth-order valence-corrected chi connectivity index (χ4v) is 2.17. The minimum absolute atomic E-state index is 0.0374. The zero-order valence-electron chi connectivity index (χ0n) is 9.90. The van der Waals surface area contributed by atoms with E-state index in [1.807, 2.05) is 31.2 Å². The molecule has 0 spiro atoms. The number of ether oxygens (including phenoxy) is 2. The minimum atomic E-state index is -0.302. The Hall–Kier alpha value is -1.06. The first-order valence-electron chi connectivity index (χ1n) is 5.76. The van der Waals surface area contributed by atoms with Crippen LogP contribution in [0.4, 0.5) is 0 Å². The maximum absolute atomic E-state index is 6.16. The number of para-hydroxylation sites is 1. The fourth-order valence-electron chi connectivity index (χ4n) is 2.17. The quantitative estimate of drug-likeness (QED) is 0.851. The molecule has 0 saturated heterocycles. The molecule has 16 heavy (non-hydrogen) atoms. The van der Waals surface area contributed by atoms with E-state index >= 15 is 0 Å². The van der Waals surface area contributed by atoms with Crippen LogP contribution in [0, 0.1) is 0 Å². The molecule has 0 aliphatic carbocycles. The summed E-state index contributed by atoms with van der Waals surface area (Å²) in [5, 5.41) is 0. The van der Waals surface area contributed by atoms with Crippen LogP contribution in [-0.2, 0) is 4.74 Å². The molecule has 0 saturated carbocycles. The molecule has 2 N–H and O–H groups in total. The topological polar surface area (TPSA) is 44.5 Å². The van der Waals surface area contributed by atoms with Gasteiger partial charge < -0.3 is 15.2 Å². The maximum atomic E-state index is 6.16. The lowest BCUT2D eigenvalue weighted by molar-refractivity contribution is -0.0302. The van der Waals surface area contributed by atoms with Crippen molar-refractivity contribution in [3.05, 3.63) is 29.8 Å². The molecular formula is C13H19NO2. The van der Waals surface area contributed by atoms with Gasteiger partial charge in [0.15, 0.2) is 0 Å². The van der Waals surface area contributed by atoms with E-state index in [1.54, 1.807) is 0 Å². The van der Waals surface area contributed by atoms with Gasteiger partial charge in [0.2, 0.25) is 0 Å². The van der Waals surface area contributed by atoms with Crippen LogP contribution in [0.5, 0.6) is 5.75 Å². The van der Waals surface area contributed by atoms with Crippen molar-refractivity contribution in [1.82, 2.24) is 0 Å². The molecular weight excluding hydrogens is 202 g/mol. The number of nitrogens with two attached hydrogens (primary N) is 1. The molecule has 88 valence electrons. The molecule has 3 nitrogen and oxygen atoms in total. The Balaban J connectivity index is 2.20. The Morgan fingerprint density at radius 2 is 2.25 bits per heavy atom. The van der Waals surface area contributed by atoms with E-state index in [-0.39, 0.29) is 11.6 Å². The zero-order valence-corrected chi connectivity index (χ0v) is 9.90. The highest BCUT2D eigenvalue weighted by atomic mass is 16.5. The predicted molar refractivity (Wildman–Crippen MR) is 63.5 cm³/mol. The molecule has 0 radical (unpaired) electrons. The van der Waals surface area contributed by atoms with Gasteiger partial charge in [-0.15, -0.1) is 0 Å². The Morgan fingerprint density at radius 1 is 1.50 bits per heavy atom. The Morgan fingerprint density at radius 3 is 3.00 bits per heavy atom. The van der Waals surface area contributed by atoms with E-state index < -0.39 is 0 Å². The van der Waals surface area contributed by atoms with Crippen molar-refractivity contribution in [3.8, 4) is 5.75 Å². The Kier molecular flexibility index (Phi) is 3.17. The van der Waals surface area contributed by atoms with Gasteiger partial charge in [0.05, 0.1) is 6.61 Å². The molecule has 1 aliphatic heterocycles. The maximum Gasteiger partial charge on any atom is 0.131 e. The number of hydrogen-bond acceptors (Lipinski definition) is 3. The monoisotopic (exact) mass is 221 g/mol. The Labute approximate surface area is 96.5 Å². The molecule has 2 rings (SSSR count). The van der Waals surface area contributed by atoms with E-state index in [2.05, 4.69) is 6.92 Å². The summed E-state index contributed by atoms with van der Waals surface area (Å²) < 4.78 is 11.4. The van der Waals surface area contributed by atoms with Crippen molar-refractivity contribution < 1.29 is 9.47 Å². The second kappa shape index (κ2) is 4.44. The van der Waals surface area contributed by atoms with Crippen molar-refractivity contribution in [2.75, 3.05) is 13.2 Å². The molecule has 1 aliphatic rings. The van der Waals surface area contributed by atoms with Crippen LogP contribution >= 0.6 is 0 Å². The predicted octanol–water partition coefficient (Wildman–Crippen LogP) is 2.26. The summed E-state index contributed by atoms with van der Waals surface area (Å²) in [6.07, 6.45) is 0.796. The molecule has 1 heterocycles. The summed E-state index contributed by atoms with van der Waals surface area (Å²) in [4.78, 5) is 0. The average Bonchev–Trinajstić information content (AvgIpc) is 2.26. The summed E-state index contributed by atoms with van der Waals surface area (Å²) in [6.45, 7) is 5.33. The molecule has 1 aromatic carbocycles. The highest BCUT2D eigenvalue weighted by Crippen LogP contribution is 2.38. The minimum Gasteiger partial charge on any atom is -0.485 e. The highest BCUT2D eigenvalue weighted by molar-refractivity contribution is 5.38. The fraction of sp³-hybridized carbons (Fsp3) is 0.538. The van der Waals surface area contributed by atoms with Crippen LogP contribution in [0.15, 0.2) is 24.3 Å². The molecule has 0 fully saturated rings. The van der Waals surface area contributed by atoms with Crippen LogP contribution in [0.1, 0.15) is 31.9 Å². The van der Waals surface area contributed by atoms with Crippen LogP contribution in [0.2, 0.25) is 0 Å². The standard InChI is InChI=1S/C13H19NO2/c1-3-15-9-13(2)8-11(14)10-6-4-5-7-12(10)16-13/h4-7,11H,3,8-9,14H2,1-2H3. The van der Waals surface area contributed by atoms with Crippen LogP contribution in [0.3, 0.4) is 0 Å². The van der Waals surface area contributed by atoms with Crippen LogP contribution in [-0.4, -0.2) is 18.8 Å². The largest absolute Gasteiger partial charge is 0.485 e. The average molecular weight is 221 g/mol. The van der Waals surface area contributed by atoms with Gasteiger partial charge in [-0.25, -0.2) is 0 Å². The first kappa shape index (κ1) is 11.4. The third kappa shape index (κ3) is 2.20. The van der Waals surface area contributed by atoms with Gasteiger partial charge in [-0.05, 0) is 19.9 Å². The molecule has 0 amide bonds. The highest BCUT2D eigenvalue weighted by Gasteiger charge is 2.35. The van der Waals surface area contributed by atoms with Gasteiger partial charge >= 0.3 is 0 Å². The lowest BCUT2D eigenvalue weighted by atomic mass is 9.89. The number of rotatable bonds is 3. The van der Waals surface area contributed by atoms with Crippen LogP contribution < -0.4 is 10.5 Å². The van der Waals surface area contributed by atoms with E-state index in [0.717, 1.165) is 17.7 Å². The molecule has 2 atom stereocenters. The molecule has 0 aromatic heterocycles. The molecule has 1 aromatic rings. The number of hydrogen-bond donors (Lipinski definition) is 1. The smallest absolute Gasteiger partial charge is 0.131 e. The van der Waals surface area contributed by atoms with Crippen LogP contribution in [0.25, 0.3) is 0 Å². The number of benzene rings is 1. The van der Waals surface area contributed by atoms with Crippen molar-refractivity contribution in [2.24, 2.45) is 5.73 Å². The van der Waals surface area contributed by atoms with Gasteiger partial charge in [0, 0.05) is 24.6 Å². The van der Waals surface area contributed by atoms with Gasteiger partial charge in [-0.3, -0.25) is 0 Å². The van der Waals surface area contributed by atoms with Crippen molar-refractivity contribution >= 4 is 0 Å². The second-order valence-electron chi connectivity index (χ2n) is 4.54. The summed E-state index contributed by atoms with van der Waals surface area (Å²) in [7, 11) is 0. The third-order valence-electron chi connectivity index (χ3n) is 2.94. The lowest BCUT2D eigenvalue weighted by Crippen LogP contribution is -2.44. The zero-order chi connectivity index (χ0) is 11.6. The first-order valence-corrected chi connectivity index (χ1v) is 5.76. The van der Waals surface area contributed by atoms with E-state index in [0.29, 0.717) is 13.2 Å². The van der Waals surface area contributed by atoms with Gasteiger partial charge in [-0.1, -0.05) is 18.2 Å². The number of fused-ring (bicyclic) bond motifs is 1. The molecule has 0 bridgehead atoms. The second-order valence-corrected chi connectivity index (χ2v) is 4.54. The molecule has 2 unspecified atom stereocenters. The van der Waals surface area contributed by atoms with Gasteiger partial charge in [-0.2, -0.15) is 0 Å². The van der Waals surface area contributed by atoms with Gasteiger partial charge in [0.1, 0.15) is 11.4 Å².